The van der Waals surface area contributed by atoms with Crippen LogP contribution in [0, 0.1) is 0 Å². The minimum absolute atomic E-state index is 0. The molecule has 0 saturated heterocycles. The van der Waals surface area contributed by atoms with Crippen LogP contribution in [0.25, 0.3) is 0 Å². The first-order chi connectivity index (χ1) is 3.65. The van der Waals surface area contributed by atoms with Gasteiger partial charge in [0, 0.05) is 0 Å². The summed E-state index contributed by atoms with van der Waals surface area (Å²) in [5.74, 6) is 0. The van der Waals surface area contributed by atoms with Gasteiger partial charge in [-0.2, -0.15) is 0 Å². The molecule has 0 aliphatic rings. The van der Waals surface area contributed by atoms with E-state index >= 15 is 0 Å². The normalized spacial score (nSPS) is 6.00. The summed E-state index contributed by atoms with van der Waals surface area (Å²) >= 11 is 0. The third-order valence-corrected chi connectivity index (χ3v) is 0.204. The average Bonchev–Trinajstić information content (AvgIpc) is 1.65. The summed E-state index contributed by atoms with van der Waals surface area (Å²) in [5.41, 5.74) is 0. The van der Waals surface area contributed by atoms with Gasteiger partial charge in [0.25, 0.3) is 0 Å². The van der Waals surface area contributed by atoms with Crippen molar-refractivity contribution >= 4 is 10.6 Å². The molecule has 6 heteroatoms. The fourth-order valence-electron chi connectivity index (χ4n) is 0. The van der Waals surface area contributed by atoms with Crippen molar-refractivity contribution in [3.63, 3.8) is 0 Å². The van der Waals surface area contributed by atoms with Crippen LogP contribution in [-0.2, 0) is 10.6 Å². The minimum Gasteiger partial charge on any atom is -0.854 e. The van der Waals surface area contributed by atoms with E-state index in [4.69, 9.17) is 12.6 Å². The molecule has 0 fully saturated rings. The first kappa shape index (κ1) is 16.3. The zero-order valence-corrected chi connectivity index (χ0v) is 8.27. The topological polar surface area (TPSA) is 74.3 Å². The van der Waals surface area contributed by atoms with Gasteiger partial charge in [0.1, 0.15) is 0 Å². The summed E-state index contributed by atoms with van der Waals surface area (Å²) < 4.78 is 25.3. The van der Waals surface area contributed by atoms with Crippen molar-refractivity contribution in [1.29, 1.82) is 0 Å². The van der Waals surface area contributed by atoms with Gasteiger partial charge in [-0.25, -0.2) is 0 Å². The Morgan fingerprint density at radius 2 is 1.44 bits per heavy atom. The molecule has 0 bridgehead atoms. The van der Waals surface area contributed by atoms with Gasteiger partial charge in [-0.1, -0.05) is 13.3 Å². The summed E-state index contributed by atoms with van der Waals surface area (Å²) in [4.78, 5) is 0. The molecule has 0 radical (unpaired) electrons. The predicted molar refractivity (Wildman–Crippen MR) is 24.9 cm³/mol. The van der Waals surface area contributed by atoms with Crippen LogP contribution in [0.2, 0.25) is 0 Å². The van der Waals surface area contributed by atoms with Gasteiger partial charge in [-0.05, 0) is 0 Å². The maximum Gasteiger partial charge on any atom is 1.00 e. The predicted octanol–water partition coefficient (Wildman–Crippen LogP) is -4.24. The molecule has 0 aliphatic carbocycles. The summed E-state index contributed by atoms with van der Waals surface area (Å²) in [6.45, 7) is 1.94. The Kier molecular flexibility index (Phi) is 28.7. The molecule has 0 heterocycles. The van der Waals surface area contributed by atoms with Crippen LogP contribution in [-0.4, -0.2) is 19.2 Å². The molecule has 0 N–H and O–H groups in total. The zero-order chi connectivity index (χ0) is 6.99. The Morgan fingerprint density at radius 1 is 1.33 bits per heavy atom. The van der Waals surface area contributed by atoms with Gasteiger partial charge in [-0.15, -0.1) is 19.2 Å². The summed E-state index contributed by atoms with van der Waals surface area (Å²) in [6, 6.07) is 0. The van der Waals surface area contributed by atoms with Gasteiger partial charge in [0.15, 0.2) is 0 Å². The number of rotatable bonds is 1. The second kappa shape index (κ2) is 15.8. The largest absolute Gasteiger partial charge is 1.00 e. The van der Waals surface area contributed by atoms with Crippen molar-refractivity contribution in [1.82, 2.24) is 0 Å². The molecule has 0 unspecified atom stereocenters. The van der Waals surface area contributed by atoms with Crippen LogP contribution in [0.3, 0.4) is 0 Å². The molecule has 0 aliphatic heterocycles. The molecular formula is C3H7NaO4S. The van der Waals surface area contributed by atoms with E-state index in [0.29, 0.717) is 0 Å². The quantitative estimate of drug-likeness (QED) is 0.366. The van der Waals surface area contributed by atoms with Crippen LogP contribution in [0.5, 0.6) is 0 Å². The molecular weight excluding hydrogens is 155 g/mol. The smallest absolute Gasteiger partial charge is 0.854 e. The van der Waals surface area contributed by atoms with Crippen molar-refractivity contribution in [2.75, 3.05) is 6.61 Å². The molecule has 0 aromatic rings. The van der Waals surface area contributed by atoms with E-state index in [1.54, 1.807) is 0 Å². The molecule has 0 aromatic heterocycles. The van der Waals surface area contributed by atoms with Crippen LogP contribution < -0.4 is 34.7 Å². The minimum atomic E-state index is -3.11. The van der Waals surface area contributed by atoms with Crippen molar-refractivity contribution in [3.8, 4) is 0 Å². The van der Waals surface area contributed by atoms with Crippen LogP contribution >= 0.6 is 0 Å². The third kappa shape index (κ3) is 149. The standard InChI is InChI=1S/C3H7O.Na.O3S/c1-2-3-4;;1-4(2)3/h2-3H2,1H3;;/q-1;+1;. The van der Waals surface area contributed by atoms with E-state index in [-0.39, 0.29) is 36.2 Å². The van der Waals surface area contributed by atoms with E-state index in [2.05, 4.69) is 0 Å². The van der Waals surface area contributed by atoms with Crippen molar-refractivity contribution in [2.24, 2.45) is 0 Å². The number of hydrogen-bond donors (Lipinski definition) is 0. The second-order valence-electron chi connectivity index (χ2n) is 0.908. The van der Waals surface area contributed by atoms with Gasteiger partial charge < -0.3 is 5.11 Å². The van der Waals surface area contributed by atoms with Gasteiger partial charge in [0.05, 0.1) is 0 Å². The molecule has 50 valence electrons. The maximum absolute atomic E-state index is 9.30. The fourth-order valence-corrected chi connectivity index (χ4v) is 0. The van der Waals surface area contributed by atoms with E-state index in [1.807, 2.05) is 6.92 Å². The fraction of sp³-hybridized carbons (Fsp3) is 1.00. The molecule has 4 nitrogen and oxygen atoms in total. The maximum atomic E-state index is 9.30. The first-order valence-corrected chi connectivity index (χ1v) is 3.00. The average molecular weight is 162 g/mol. The van der Waals surface area contributed by atoms with Crippen molar-refractivity contribution in [2.45, 2.75) is 13.3 Å². The zero-order valence-electron chi connectivity index (χ0n) is 5.46. The Labute approximate surface area is 77.6 Å². The second-order valence-corrected chi connectivity index (χ2v) is 1.32. The van der Waals surface area contributed by atoms with Crippen LogP contribution in [0.1, 0.15) is 13.3 Å². The Morgan fingerprint density at radius 3 is 1.44 bits per heavy atom. The van der Waals surface area contributed by atoms with Crippen molar-refractivity contribution in [3.05, 3.63) is 0 Å². The van der Waals surface area contributed by atoms with Gasteiger partial charge in [-0.3, -0.25) is 0 Å². The Bertz CT molecular complexity index is 105. The first-order valence-electron chi connectivity index (χ1n) is 2.00. The molecule has 0 amide bonds. The monoisotopic (exact) mass is 162 g/mol. The molecule has 0 spiro atoms. The van der Waals surface area contributed by atoms with Gasteiger partial charge in [0.2, 0.25) is 0 Å². The molecule has 0 atom stereocenters. The van der Waals surface area contributed by atoms with E-state index in [1.165, 1.54) is 0 Å². The summed E-state index contributed by atoms with van der Waals surface area (Å²) in [6.07, 6.45) is 0.764. The molecule has 0 aromatic carbocycles. The van der Waals surface area contributed by atoms with E-state index in [9.17, 15) is 5.11 Å². The van der Waals surface area contributed by atoms with E-state index in [0.717, 1.165) is 6.42 Å². The third-order valence-electron chi connectivity index (χ3n) is 0.204. The van der Waals surface area contributed by atoms with Gasteiger partial charge >= 0.3 is 40.2 Å². The van der Waals surface area contributed by atoms with Crippen LogP contribution in [0.4, 0.5) is 0 Å². The Hall–Kier alpha value is 0.580. The SMILES string of the molecule is CCC[O-].O=S(=O)=O.[Na+]. The summed E-state index contributed by atoms with van der Waals surface area (Å²) in [7, 11) is -3.11. The van der Waals surface area contributed by atoms with Crippen molar-refractivity contribution < 1.29 is 47.3 Å². The Balaban J connectivity index is -0.0000000720. The molecule has 9 heavy (non-hydrogen) atoms. The molecule has 0 rings (SSSR count). The van der Waals surface area contributed by atoms with Crippen LogP contribution in [0.15, 0.2) is 0 Å². The molecule has 0 saturated carbocycles. The number of hydrogen-bond acceptors (Lipinski definition) is 4. The van der Waals surface area contributed by atoms with E-state index < -0.39 is 10.6 Å². The summed E-state index contributed by atoms with van der Waals surface area (Å²) in [5, 5.41) is 9.30.